The fourth-order valence-corrected chi connectivity index (χ4v) is 3.09. The van der Waals surface area contributed by atoms with E-state index in [1.807, 2.05) is 24.3 Å². The molecule has 0 unspecified atom stereocenters. The number of nitrogens with zero attached hydrogens (tertiary/aromatic N) is 2. The van der Waals surface area contributed by atoms with Crippen molar-refractivity contribution in [1.29, 1.82) is 0 Å². The third-order valence-electron chi connectivity index (χ3n) is 4.36. The molecule has 0 bridgehead atoms. The van der Waals surface area contributed by atoms with Gasteiger partial charge in [0.25, 0.3) is 0 Å². The zero-order valence-corrected chi connectivity index (χ0v) is 15.2. The van der Waals surface area contributed by atoms with Crippen molar-refractivity contribution in [1.82, 2.24) is 9.78 Å². The fourth-order valence-electron chi connectivity index (χ4n) is 2.97. The second-order valence-corrected chi connectivity index (χ2v) is 6.68. The Morgan fingerprint density at radius 3 is 1.82 bits per heavy atom. The van der Waals surface area contributed by atoms with E-state index in [0.717, 1.165) is 17.2 Å². The normalized spacial score (nSPS) is 11.6. The molecule has 2 nitrogen and oxygen atoms in total. The van der Waals surface area contributed by atoms with E-state index in [2.05, 4.69) is 5.10 Å². The van der Waals surface area contributed by atoms with Crippen LogP contribution in [-0.4, -0.2) is 9.78 Å². The van der Waals surface area contributed by atoms with E-state index in [9.17, 15) is 13.2 Å². The summed E-state index contributed by atoms with van der Waals surface area (Å²) in [5.74, 6) is 0. The average molecular weight is 399 g/mol. The van der Waals surface area contributed by atoms with Crippen molar-refractivity contribution >= 4 is 11.6 Å². The van der Waals surface area contributed by atoms with E-state index in [1.165, 1.54) is 4.68 Å². The lowest BCUT2D eigenvalue weighted by atomic mass is 10.0. The molecule has 4 aromatic rings. The number of benzene rings is 3. The maximum absolute atomic E-state index is 13.2. The summed E-state index contributed by atoms with van der Waals surface area (Å²) < 4.78 is 41.1. The van der Waals surface area contributed by atoms with Crippen LogP contribution in [0.3, 0.4) is 0 Å². The molecule has 0 aliphatic rings. The van der Waals surface area contributed by atoms with Crippen LogP contribution >= 0.6 is 11.6 Å². The Kier molecular flexibility index (Phi) is 4.69. The standard InChI is InChI=1S/C22H14ClF3N2/c23-18-12-10-16(11-13-18)15-6-8-17(9-7-15)20-14-21(22(24,25)26)27-28(20)19-4-2-1-3-5-19/h1-14H. The minimum absolute atomic E-state index is 0.376. The summed E-state index contributed by atoms with van der Waals surface area (Å²) in [6.07, 6.45) is -4.52. The minimum Gasteiger partial charge on any atom is -0.233 e. The van der Waals surface area contributed by atoms with Gasteiger partial charge in [0, 0.05) is 10.6 Å². The van der Waals surface area contributed by atoms with Crippen LogP contribution in [0.2, 0.25) is 5.02 Å². The first-order valence-corrected chi connectivity index (χ1v) is 8.89. The van der Waals surface area contributed by atoms with Gasteiger partial charge in [0.1, 0.15) is 0 Å². The first-order chi connectivity index (χ1) is 13.4. The number of hydrogen-bond acceptors (Lipinski definition) is 1. The third kappa shape index (κ3) is 3.66. The minimum atomic E-state index is -4.52. The van der Waals surface area contributed by atoms with E-state index >= 15 is 0 Å². The van der Waals surface area contributed by atoms with Crippen molar-refractivity contribution in [3.63, 3.8) is 0 Å². The highest BCUT2D eigenvalue weighted by Crippen LogP contribution is 2.34. The van der Waals surface area contributed by atoms with Crippen LogP contribution in [0.1, 0.15) is 5.69 Å². The summed E-state index contributed by atoms with van der Waals surface area (Å²) in [5, 5.41) is 4.44. The van der Waals surface area contributed by atoms with Gasteiger partial charge in [-0.15, -0.1) is 0 Å². The molecule has 1 aromatic heterocycles. The third-order valence-corrected chi connectivity index (χ3v) is 4.61. The number of aromatic nitrogens is 2. The molecular weight excluding hydrogens is 385 g/mol. The van der Waals surface area contributed by atoms with Crippen molar-refractivity contribution < 1.29 is 13.2 Å². The molecule has 0 atom stereocenters. The molecule has 0 N–H and O–H groups in total. The van der Waals surface area contributed by atoms with Gasteiger partial charge in [-0.2, -0.15) is 18.3 Å². The molecule has 28 heavy (non-hydrogen) atoms. The Morgan fingerprint density at radius 2 is 1.25 bits per heavy atom. The van der Waals surface area contributed by atoms with Crippen molar-refractivity contribution in [2.24, 2.45) is 0 Å². The van der Waals surface area contributed by atoms with Gasteiger partial charge in [0.15, 0.2) is 5.69 Å². The van der Waals surface area contributed by atoms with E-state index in [-0.39, 0.29) is 0 Å². The number of rotatable bonds is 3. The molecule has 0 aliphatic heterocycles. The quantitative estimate of drug-likeness (QED) is 0.368. The summed E-state index contributed by atoms with van der Waals surface area (Å²) in [6, 6.07) is 24.6. The SMILES string of the molecule is FC(F)(F)c1cc(-c2ccc(-c3ccc(Cl)cc3)cc2)n(-c2ccccc2)n1. The second-order valence-electron chi connectivity index (χ2n) is 6.24. The number of halogens is 4. The predicted octanol–water partition coefficient (Wildman–Crippen LogP) is 6.88. The van der Waals surface area contributed by atoms with Gasteiger partial charge in [0.05, 0.1) is 11.4 Å². The first-order valence-electron chi connectivity index (χ1n) is 8.51. The molecule has 1 heterocycles. The lowest BCUT2D eigenvalue weighted by Gasteiger charge is -2.09. The highest BCUT2D eigenvalue weighted by Gasteiger charge is 2.35. The Bertz CT molecular complexity index is 1080. The number of hydrogen-bond donors (Lipinski definition) is 0. The number of alkyl halides is 3. The molecular formula is C22H14ClF3N2. The van der Waals surface area contributed by atoms with Gasteiger partial charge in [-0.3, -0.25) is 0 Å². The summed E-state index contributed by atoms with van der Waals surface area (Å²) in [4.78, 5) is 0. The molecule has 0 amide bonds. The molecule has 140 valence electrons. The molecule has 0 aliphatic carbocycles. The smallest absolute Gasteiger partial charge is 0.233 e. The molecule has 4 rings (SSSR count). The van der Waals surface area contributed by atoms with Gasteiger partial charge in [-0.1, -0.05) is 66.2 Å². The van der Waals surface area contributed by atoms with Crippen LogP contribution in [0.5, 0.6) is 0 Å². The highest BCUT2D eigenvalue weighted by molar-refractivity contribution is 6.30. The maximum atomic E-state index is 13.2. The summed E-state index contributed by atoms with van der Waals surface area (Å²) in [7, 11) is 0. The van der Waals surface area contributed by atoms with Crippen molar-refractivity contribution in [3.8, 4) is 28.1 Å². The average Bonchev–Trinajstić information content (AvgIpc) is 3.15. The van der Waals surface area contributed by atoms with Crippen molar-refractivity contribution in [3.05, 3.63) is 95.6 Å². The predicted molar refractivity (Wildman–Crippen MR) is 104 cm³/mol. The molecule has 0 saturated heterocycles. The Labute approximate surface area is 164 Å². The van der Waals surface area contributed by atoms with Crippen LogP contribution in [-0.2, 0) is 6.18 Å². The topological polar surface area (TPSA) is 17.8 Å². The highest BCUT2D eigenvalue weighted by atomic mass is 35.5. The zero-order chi connectivity index (χ0) is 19.7. The monoisotopic (exact) mass is 398 g/mol. The van der Waals surface area contributed by atoms with Crippen LogP contribution in [0.15, 0.2) is 84.9 Å². The first kappa shape index (κ1) is 18.3. The zero-order valence-electron chi connectivity index (χ0n) is 14.5. The molecule has 0 spiro atoms. The van der Waals surface area contributed by atoms with Crippen LogP contribution < -0.4 is 0 Å². The van der Waals surface area contributed by atoms with E-state index in [1.54, 1.807) is 54.6 Å². The van der Waals surface area contributed by atoms with Crippen LogP contribution in [0, 0.1) is 0 Å². The van der Waals surface area contributed by atoms with E-state index < -0.39 is 11.9 Å². The lowest BCUT2D eigenvalue weighted by molar-refractivity contribution is -0.141. The molecule has 0 radical (unpaired) electrons. The van der Waals surface area contributed by atoms with Crippen molar-refractivity contribution in [2.45, 2.75) is 6.18 Å². The van der Waals surface area contributed by atoms with Gasteiger partial charge in [-0.25, -0.2) is 4.68 Å². The maximum Gasteiger partial charge on any atom is 0.435 e. The van der Waals surface area contributed by atoms with Crippen LogP contribution in [0.4, 0.5) is 13.2 Å². The lowest BCUT2D eigenvalue weighted by Crippen LogP contribution is -2.07. The second kappa shape index (κ2) is 7.17. The Morgan fingerprint density at radius 1 is 0.714 bits per heavy atom. The van der Waals surface area contributed by atoms with Gasteiger partial charge in [0.2, 0.25) is 0 Å². The van der Waals surface area contributed by atoms with E-state index in [0.29, 0.717) is 22.0 Å². The van der Waals surface area contributed by atoms with Gasteiger partial charge >= 0.3 is 6.18 Å². The summed E-state index contributed by atoms with van der Waals surface area (Å²) in [6.45, 7) is 0. The molecule has 0 fully saturated rings. The Hall–Kier alpha value is -3.05. The van der Waals surface area contributed by atoms with Crippen molar-refractivity contribution in [2.75, 3.05) is 0 Å². The Balaban J connectivity index is 1.78. The fraction of sp³-hybridized carbons (Fsp3) is 0.0455. The van der Waals surface area contributed by atoms with Gasteiger partial charge in [-0.05, 0) is 41.5 Å². The van der Waals surface area contributed by atoms with E-state index in [4.69, 9.17) is 11.6 Å². The van der Waals surface area contributed by atoms with Gasteiger partial charge < -0.3 is 0 Å². The molecule has 0 saturated carbocycles. The summed E-state index contributed by atoms with van der Waals surface area (Å²) in [5.41, 5.74) is 2.58. The molecule has 6 heteroatoms. The summed E-state index contributed by atoms with van der Waals surface area (Å²) >= 11 is 5.92. The largest absolute Gasteiger partial charge is 0.435 e. The molecule has 3 aromatic carbocycles. The number of para-hydroxylation sites is 1. The van der Waals surface area contributed by atoms with Crippen LogP contribution in [0.25, 0.3) is 28.1 Å².